The Balaban J connectivity index is 2.47. The molecule has 0 aliphatic rings. The Morgan fingerprint density at radius 3 is 2.37 bits per heavy atom. The van der Waals surface area contributed by atoms with Crippen molar-refractivity contribution in [2.24, 2.45) is 12.8 Å². The van der Waals surface area contributed by atoms with Gasteiger partial charge >= 0.3 is 0 Å². The van der Waals surface area contributed by atoms with Crippen molar-refractivity contribution >= 4 is 0 Å². The topological polar surface area (TPSA) is 53.1 Å². The number of hydrogen-bond donors (Lipinski definition) is 1. The van der Waals surface area contributed by atoms with E-state index in [0.29, 0.717) is 0 Å². The molecule has 0 saturated heterocycles. The third-order valence-corrected chi connectivity index (χ3v) is 3.51. The number of hydrogen-bond acceptors (Lipinski definition) is 3. The molecule has 0 radical (unpaired) electrons. The Labute approximate surface area is 114 Å². The maximum atomic E-state index is 6.40. The second kappa shape index (κ2) is 5.05. The molecule has 1 aromatic heterocycles. The van der Waals surface area contributed by atoms with Crippen molar-refractivity contribution in [2.75, 3.05) is 7.11 Å². The second-order valence-corrected chi connectivity index (χ2v) is 5.00. The van der Waals surface area contributed by atoms with Crippen LogP contribution in [-0.2, 0) is 7.05 Å². The second-order valence-electron chi connectivity index (χ2n) is 5.00. The zero-order valence-corrected chi connectivity index (χ0v) is 12.2. The molecule has 0 aliphatic heterocycles. The molecule has 2 aromatic rings. The molecule has 1 heterocycles. The van der Waals surface area contributed by atoms with Crippen LogP contribution in [0.2, 0.25) is 0 Å². The van der Waals surface area contributed by atoms with Crippen molar-refractivity contribution < 1.29 is 4.74 Å². The fourth-order valence-corrected chi connectivity index (χ4v) is 2.46. The number of nitrogens with two attached hydrogens (primary N) is 1. The summed E-state index contributed by atoms with van der Waals surface area (Å²) < 4.78 is 7.14. The lowest BCUT2D eigenvalue weighted by Crippen LogP contribution is -2.14. The quantitative estimate of drug-likeness (QED) is 0.921. The highest BCUT2D eigenvalue weighted by Gasteiger charge is 2.17. The number of methoxy groups -OCH3 is 1. The Bertz CT molecular complexity index is 602. The molecule has 1 atom stereocenters. The molecule has 0 amide bonds. The molecule has 0 aliphatic carbocycles. The molecule has 2 N–H and O–H groups in total. The summed E-state index contributed by atoms with van der Waals surface area (Å²) in [7, 11) is 3.60. The van der Waals surface area contributed by atoms with Crippen LogP contribution >= 0.6 is 0 Å². The summed E-state index contributed by atoms with van der Waals surface area (Å²) in [5.74, 6) is 0.899. The molecule has 0 bridgehead atoms. The summed E-state index contributed by atoms with van der Waals surface area (Å²) in [6.07, 6.45) is 1.99. The number of nitrogens with zero attached hydrogens (tertiary/aromatic N) is 2. The lowest BCUT2D eigenvalue weighted by molar-refractivity contribution is 0.411. The van der Waals surface area contributed by atoms with E-state index >= 15 is 0 Å². The molecule has 19 heavy (non-hydrogen) atoms. The largest absolute Gasteiger partial charge is 0.496 e. The predicted molar refractivity (Wildman–Crippen MR) is 76.4 cm³/mol. The van der Waals surface area contributed by atoms with Crippen molar-refractivity contribution in [3.8, 4) is 5.75 Å². The van der Waals surface area contributed by atoms with E-state index in [4.69, 9.17) is 10.5 Å². The van der Waals surface area contributed by atoms with Gasteiger partial charge in [-0.3, -0.25) is 4.68 Å². The van der Waals surface area contributed by atoms with Gasteiger partial charge in [-0.05, 0) is 43.5 Å². The van der Waals surface area contributed by atoms with Gasteiger partial charge < -0.3 is 10.5 Å². The summed E-state index contributed by atoms with van der Waals surface area (Å²) in [5, 5.41) is 4.36. The van der Waals surface area contributed by atoms with Gasteiger partial charge in [0, 0.05) is 18.8 Å². The van der Waals surface area contributed by atoms with E-state index < -0.39 is 0 Å². The van der Waals surface area contributed by atoms with Crippen molar-refractivity contribution in [3.05, 3.63) is 46.3 Å². The zero-order chi connectivity index (χ0) is 14.2. The fraction of sp³-hybridized carbons (Fsp3) is 0.400. The van der Waals surface area contributed by atoms with Crippen LogP contribution in [0.3, 0.4) is 0 Å². The van der Waals surface area contributed by atoms with Crippen LogP contribution < -0.4 is 10.5 Å². The molecule has 102 valence electrons. The van der Waals surface area contributed by atoms with Crippen LogP contribution in [-0.4, -0.2) is 16.9 Å². The SMILES string of the molecule is COc1cc(C)c(C(N)c2cn(C)nc2C)cc1C. The molecule has 0 fully saturated rings. The van der Waals surface area contributed by atoms with Gasteiger partial charge in [-0.2, -0.15) is 5.10 Å². The first-order valence-electron chi connectivity index (χ1n) is 6.35. The van der Waals surface area contributed by atoms with Crippen LogP contribution in [0.5, 0.6) is 5.75 Å². The zero-order valence-electron chi connectivity index (χ0n) is 12.2. The normalized spacial score (nSPS) is 12.5. The average molecular weight is 259 g/mol. The Morgan fingerprint density at radius 2 is 1.84 bits per heavy atom. The van der Waals surface area contributed by atoms with Gasteiger partial charge in [-0.25, -0.2) is 0 Å². The van der Waals surface area contributed by atoms with Crippen molar-refractivity contribution in [3.63, 3.8) is 0 Å². The minimum atomic E-state index is -0.154. The van der Waals surface area contributed by atoms with Gasteiger partial charge in [0.1, 0.15) is 5.75 Å². The van der Waals surface area contributed by atoms with Gasteiger partial charge in [0.25, 0.3) is 0 Å². The highest BCUT2D eigenvalue weighted by atomic mass is 16.5. The molecular formula is C15H21N3O. The van der Waals surface area contributed by atoms with E-state index in [2.05, 4.69) is 18.1 Å². The average Bonchev–Trinajstić information content (AvgIpc) is 2.70. The number of aromatic nitrogens is 2. The van der Waals surface area contributed by atoms with Crippen molar-refractivity contribution in [2.45, 2.75) is 26.8 Å². The third kappa shape index (κ3) is 2.49. The monoisotopic (exact) mass is 259 g/mol. The van der Waals surface area contributed by atoms with E-state index in [9.17, 15) is 0 Å². The molecule has 0 spiro atoms. The Hall–Kier alpha value is -1.81. The minimum absolute atomic E-state index is 0.154. The van der Waals surface area contributed by atoms with E-state index in [0.717, 1.165) is 33.7 Å². The van der Waals surface area contributed by atoms with Gasteiger partial charge in [0.2, 0.25) is 0 Å². The molecular weight excluding hydrogens is 238 g/mol. The van der Waals surface area contributed by atoms with E-state index in [1.165, 1.54) is 0 Å². The molecule has 0 saturated carbocycles. The standard InChI is InChI=1S/C15H21N3O/c1-9-7-14(19-5)10(2)6-12(9)15(16)13-8-18(4)17-11(13)3/h6-8,15H,16H2,1-5H3. The minimum Gasteiger partial charge on any atom is -0.496 e. The smallest absolute Gasteiger partial charge is 0.122 e. The van der Waals surface area contributed by atoms with Crippen molar-refractivity contribution in [1.82, 2.24) is 9.78 Å². The Morgan fingerprint density at radius 1 is 1.16 bits per heavy atom. The third-order valence-electron chi connectivity index (χ3n) is 3.51. The van der Waals surface area contributed by atoms with E-state index in [1.54, 1.807) is 11.8 Å². The number of rotatable bonds is 3. The predicted octanol–water partition coefficient (Wildman–Crippen LogP) is 2.40. The summed E-state index contributed by atoms with van der Waals surface area (Å²) in [4.78, 5) is 0. The van der Waals surface area contributed by atoms with Crippen LogP contribution in [0.1, 0.15) is 34.0 Å². The number of benzene rings is 1. The lowest BCUT2D eigenvalue weighted by atomic mass is 9.94. The van der Waals surface area contributed by atoms with Gasteiger partial charge in [-0.15, -0.1) is 0 Å². The maximum absolute atomic E-state index is 6.40. The number of aryl methyl sites for hydroxylation is 4. The molecule has 1 unspecified atom stereocenters. The molecule has 1 aromatic carbocycles. The summed E-state index contributed by atoms with van der Waals surface area (Å²) >= 11 is 0. The molecule has 4 nitrogen and oxygen atoms in total. The molecule has 4 heteroatoms. The summed E-state index contributed by atoms with van der Waals surface area (Å²) in [6.45, 7) is 6.08. The molecule has 2 rings (SSSR count). The summed E-state index contributed by atoms with van der Waals surface area (Å²) in [6, 6.07) is 3.99. The van der Waals surface area contributed by atoms with Crippen LogP contribution in [0.4, 0.5) is 0 Å². The first-order valence-corrected chi connectivity index (χ1v) is 6.35. The highest BCUT2D eigenvalue weighted by Crippen LogP contribution is 2.29. The highest BCUT2D eigenvalue weighted by molar-refractivity contribution is 5.45. The Kier molecular flexibility index (Phi) is 3.62. The van der Waals surface area contributed by atoms with Crippen LogP contribution in [0.15, 0.2) is 18.3 Å². The summed E-state index contributed by atoms with van der Waals surface area (Å²) in [5.41, 5.74) is 11.8. The number of ether oxygens (including phenoxy) is 1. The van der Waals surface area contributed by atoms with E-state index in [1.807, 2.05) is 33.2 Å². The first-order chi connectivity index (χ1) is 8.93. The van der Waals surface area contributed by atoms with Crippen molar-refractivity contribution in [1.29, 1.82) is 0 Å². The van der Waals surface area contributed by atoms with Gasteiger partial charge in [-0.1, -0.05) is 6.07 Å². The fourth-order valence-electron chi connectivity index (χ4n) is 2.46. The van der Waals surface area contributed by atoms with Crippen LogP contribution in [0, 0.1) is 20.8 Å². The maximum Gasteiger partial charge on any atom is 0.122 e. The van der Waals surface area contributed by atoms with Crippen LogP contribution in [0.25, 0.3) is 0 Å². The first kappa shape index (κ1) is 13.6. The lowest BCUT2D eigenvalue weighted by Gasteiger charge is -2.17. The van der Waals surface area contributed by atoms with Gasteiger partial charge in [0.05, 0.1) is 18.8 Å². The van der Waals surface area contributed by atoms with E-state index in [-0.39, 0.29) is 6.04 Å². The van der Waals surface area contributed by atoms with Gasteiger partial charge in [0.15, 0.2) is 0 Å².